The second kappa shape index (κ2) is 2.88. The lowest BCUT2D eigenvalue weighted by Gasteiger charge is -2.41. The van der Waals surface area contributed by atoms with Gasteiger partial charge in [0.25, 0.3) is 0 Å². The van der Waals surface area contributed by atoms with Crippen LogP contribution in [0.1, 0.15) is 33.1 Å². The third-order valence-electron chi connectivity index (χ3n) is 3.77. The van der Waals surface area contributed by atoms with E-state index in [1.54, 1.807) is 0 Å². The number of aliphatic hydroxyl groups is 1. The highest BCUT2D eigenvalue weighted by molar-refractivity contribution is 5.13. The Morgan fingerprint density at radius 2 is 2.17 bits per heavy atom. The zero-order valence-electron chi connectivity index (χ0n) is 7.96. The molecule has 0 amide bonds. The van der Waals surface area contributed by atoms with Gasteiger partial charge in [-0.3, -0.25) is 0 Å². The largest absolute Gasteiger partial charge is 0.392 e. The van der Waals surface area contributed by atoms with E-state index < -0.39 is 0 Å². The van der Waals surface area contributed by atoms with Crippen molar-refractivity contribution in [1.82, 2.24) is 0 Å². The summed E-state index contributed by atoms with van der Waals surface area (Å²) in [6.07, 6.45) is 5.76. The molecule has 0 aromatic rings. The Bertz CT molecular complexity index is 207. The summed E-state index contributed by atoms with van der Waals surface area (Å²) in [5.41, 5.74) is 1.42. The van der Waals surface area contributed by atoms with Gasteiger partial charge >= 0.3 is 0 Å². The Morgan fingerprint density at radius 1 is 1.42 bits per heavy atom. The zero-order chi connectivity index (χ0) is 8.72. The van der Waals surface area contributed by atoms with E-state index in [2.05, 4.69) is 19.9 Å². The fraction of sp³-hybridized carbons (Fsp3) is 0.818. The molecule has 1 nitrogen and oxygen atoms in total. The Labute approximate surface area is 74.5 Å². The van der Waals surface area contributed by atoms with Gasteiger partial charge in [0, 0.05) is 5.92 Å². The van der Waals surface area contributed by atoms with Crippen LogP contribution >= 0.6 is 0 Å². The lowest BCUT2D eigenvalue weighted by Crippen LogP contribution is -2.36. The number of aliphatic hydroxyl groups excluding tert-OH is 1. The van der Waals surface area contributed by atoms with Gasteiger partial charge in [0.2, 0.25) is 0 Å². The van der Waals surface area contributed by atoms with Crippen molar-refractivity contribution in [1.29, 1.82) is 0 Å². The van der Waals surface area contributed by atoms with Gasteiger partial charge in [-0.05, 0) is 38.0 Å². The maximum atomic E-state index is 9.82. The molecular formula is C11H18O. The molecule has 0 saturated heterocycles. The molecule has 4 unspecified atom stereocenters. The monoisotopic (exact) mass is 166 g/mol. The third kappa shape index (κ3) is 1.20. The fourth-order valence-corrected chi connectivity index (χ4v) is 2.76. The molecule has 1 heteroatoms. The highest BCUT2D eigenvalue weighted by atomic mass is 16.3. The van der Waals surface area contributed by atoms with Crippen molar-refractivity contribution in [3.05, 3.63) is 11.6 Å². The molecule has 0 aromatic heterocycles. The molecule has 1 fully saturated rings. The normalized spacial score (nSPS) is 47.1. The van der Waals surface area contributed by atoms with Gasteiger partial charge in [-0.2, -0.15) is 0 Å². The molecule has 12 heavy (non-hydrogen) atoms. The summed E-state index contributed by atoms with van der Waals surface area (Å²) in [5, 5.41) is 9.82. The molecule has 1 N–H and O–H groups in total. The Morgan fingerprint density at radius 3 is 2.92 bits per heavy atom. The quantitative estimate of drug-likeness (QED) is 0.548. The van der Waals surface area contributed by atoms with Crippen molar-refractivity contribution in [2.24, 2.45) is 17.8 Å². The van der Waals surface area contributed by atoms with Gasteiger partial charge < -0.3 is 5.11 Å². The predicted octanol–water partition coefficient (Wildman–Crippen LogP) is 2.36. The van der Waals surface area contributed by atoms with Crippen molar-refractivity contribution < 1.29 is 5.11 Å². The van der Waals surface area contributed by atoms with Gasteiger partial charge in [0.1, 0.15) is 0 Å². The molecule has 2 aliphatic rings. The highest BCUT2D eigenvalue weighted by Gasteiger charge is 2.36. The Balaban J connectivity index is 2.21. The average molecular weight is 166 g/mol. The number of hydrogen-bond acceptors (Lipinski definition) is 1. The zero-order valence-corrected chi connectivity index (χ0v) is 7.96. The molecule has 1 saturated carbocycles. The van der Waals surface area contributed by atoms with Crippen LogP contribution in [0.3, 0.4) is 0 Å². The Kier molecular flexibility index (Phi) is 1.99. The highest BCUT2D eigenvalue weighted by Crippen LogP contribution is 2.42. The summed E-state index contributed by atoms with van der Waals surface area (Å²) in [4.78, 5) is 0. The molecule has 0 heterocycles. The first-order valence-electron chi connectivity index (χ1n) is 5.03. The summed E-state index contributed by atoms with van der Waals surface area (Å²) >= 11 is 0. The Hall–Kier alpha value is -0.300. The third-order valence-corrected chi connectivity index (χ3v) is 3.77. The number of hydrogen-bond donors (Lipinski definition) is 1. The van der Waals surface area contributed by atoms with Gasteiger partial charge in [0.05, 0.1) is 6.10 Å². The number of rotatable bonds is 0. The van der Waals surface area contributed by atoms with Crippen LogP contribution in [0.5, 0.6) is 0 Å². The topological polar surface area (TPSA) is 20.2 Å². The molecule has 4 atom stereocenters. The van der Waals surface area contributed by atoms with E-state index in [1.165, 1.54) is 18.4 Å². The smallest absolute Gasteiger partial charge is 0.0608 e. The minimum atomic E-state index is -0.0622. The minimum absolute atomic E-state index is 0.0622. The summed E-state index contributed by atoms with van der Waals surface area (Å²) in [7, 11) is 0. The van der Waals surface area contributed by atoms with Crippen LogP contribution in [0.2, 0.25) is 0 Å². The van der Waals surface area contributed by atoms with E-state index in [1.807, 2.05) is 0 Å². The molecule has 2 rings (SSSR count). The predicted molar refractivity (Wildman–Crippen MR) is 49.8 cm³/mol. The van der Waals surface area contributed by atoms with Gasteiger partial charge in [-0.1, -0.05) is 18.6 Å². The molecule has 0 aromatic carbocycles. The minimum Gasteiger partial charge on any atom is -0.392 e. The maximum absolute atomic E-state index is 9.82. The van der Waals surface area contributed by atoms with Crippen molar-refractivity contribution >= 4 is 0 Å². The number of allylic oxidation sites excluding steroid dienone is 1. The van der Waals surface area contributed by atoms with E-state index in [0.717, 1.165) is 18.3 Å². The van der Waals surface area contributed by atoms with E-state index in [9.17, 15) is 5.11 Å². The number of fused-ring (bicyclic) bond motifs is 2. The molecule has 0 spiro atoms. The van der Waals surface area contributed by atoms with Crippen molar-refractivity contribution in [3.63, 3.8) is 0 Å². The second-order valence-corrected chi connectivity index (χ2v) is 4.57. The van der Waals surface area contributed by atoms with Crippen LogP contribution < -0.4 is 0 Å². The van der Waals surface area contributed by atoms with Crippen LogP contribution in [0.4, 0.5) is 0 Å². The molecule has 0 aliphatic heterocycles. The first-order valence-corrected chi connectivity index (χ1v) is 5.03. The van der Waals surface area contributed by atoms with E-state index in [0.29, 0.717) is 5.92 Å². The van der Waals surface area contributed by atoms with Gasteiger partial charge in [-0.25, -0.2) is 0 Å². The first kappa shape index (κ1) is 8.31. The van der Waals surface area contributed by atoms with E-state index >= 15 is 0 Å². The second-order valence-electron chi connectivity index (χ2n) is 4.57. The fourth-order valence-electron chi connectivity index (χ4n) is 2.76. The molecule has 0 radical (unpaired) electrons. The lowest BCUT2D eigenvalue weighted by molar-refractivity contribution is 0.0301. The van der Waals surface area contributed by atoms with Crippen LogP contribution in [-0.4, -0.2) is 11.2 Å². The summed E-state index contributed by atoms with van der Waals surface area (Å²) < 4.78 is 0. The summed E-state index contributed by atoms with van der Waals surface area (Å²) in [6.45, 7) is 4.44. The molecular weight excluding hydrogens is 148 g/mol. The van der Waals surface area contributed by atoms with Crippen LogP contribution in [-0.2, 0) is 0 Å². The average Bonchev–Trinajstić information content (AvgIpc) is 2.03. The van der Waals surface area contributed by atoms with E-state index in [-0.39, 0.29) is 6.10 Å². The summed E-state index contributed by atoms with van der Waals surface area (Å²) in [6, 6.07) is 0. The van der Waals surface area contributed by atoms with Crippen LogP contribution in [0, 0.1) is 17.8 Å². The standard InChI is InChI=1S/C11H18O/c1-7-3-4-9-6-10(7)11(12)5-8(9)2/h3,8-12H,4-6H2,1-2H3. The van der Waals surface area contributed by atoms with Crippen molar-refractivity contribution in [3.8, 4) is 0 Å². The first-order chi connectivity index (χ1) is 5.68. The molecule has 2 bridgehead atoms. The van der Waals surface area contributed by atoms with E-state index in [4.69, 9.17) is 0 Å². The lowest BCUT2D eigenvalue weighted by atomic mass is 9.66. The van der Waals surface area contributed by atoms with Crippen molar-refractivity contribution in [2.45, 2.75) is 39.2 Å². The molecule has 68 valence electrons. The van der Waals surface area contributed by atoms with Gasteiger partial charge in [0.15, 0.2) is 0 Å². The van der Waals surface area contributed by atoms with Crippen LogP contribution in [0.25, 0.3) is 0 Å². The van der Waals surface area contributed by atoms with Crippen LogP contribution in [0.15, 0.2) is 11.6 Å². The molecule has 2 aliphatic carbocycles. The summed E-state index contributed by atoms with van der Waals surface area (Å²) in [5.74, 6) is 2.06. The maximum Gasteiger partial charge on any atom is 0.0608 e. The SMILES string of the molecule is CC1=CCC2CC1C(O)CC2C. The van der Waals surface area contributed by atoms with Crippen molar-refractivity contribution in [2.75, 3.05) is 0 Å². The van der Waals surface area contributed by atoms with Gasteiger partial charge in [-0.15, -0.1) is 0 Å².